The lowest BCUT2D eigenvalue weighted by Gasteiger charge is -2.28. The van der Waals surface area contributed by atoms with Crippen molar-refractivity contribution in [2.75, 3.05) is 5.38 Å². The van der Waals surface area contributed by atoms with Gasteiger partial charge in [0.2, 0.25) is 0 Å². The third-order valence-electron chi connectivity index (χ3n) is 2.73. The van der Waals surface area contributed by atoms with Crippen molar-refractivity contribution in [3.63, 3.8) is 0 Å². The highest BCUT2D eigenvalue weighted by Gasteiger charge is 2.28. The predicted molar refractivity (Wildman–Crippen MR) is 51.8 cm³/mol. The van der Waals surface area contributed by atoms with Gasteiger partial charge in [-0.3, -0.25) is 0 Å². The first-order valence-corrected chi connectivity index (χ1v) is 8.73. The molecular weight excluding hydrogens is 192 g/mol. The van der Waals surface area contributed by atoms with Crippen molar-refractivity contribution < 1.29 is 13.0 Å². The van der Waals surface area contributed by atoms with Gasteiger partial charge in [-0.25, -0.2) is 8.42 Å². The summed E-state index contributed by atoms with van der Waals surface area (Å²) in [6.07, 6.45) is 0. The van der Waals surface area contributed by atoms with Gasteiger partial charge in [-0.1, -0.05) is 38.9 Å². The van der Waals surface area contributed by atoms with Gasteiger partial charge < -0.3 is 4.55 Å². The van der Waals surface area contributed by atoms with E-state index in [1.54, 1.807) is 0 Å². The van der Waals surface area contributed by atoms with E-state index >= 15 is 0 Å². The first kappa shape index (κ1) is 12.1. The van der Waals surface area contributed by atoms with Gasteiger partial charge in [-0.05, 0) is 0 Å². The topological polar surface area (TPSA) is 57.2 Å². The molecule has 0 atom stereocenters. The summed E-state index contributed by atoms with van der Waals surface area (Å²) < 4.78 is 31.8. The normalized spacial score (nSPS) is 13.3. The Labute approximate surface area is 75.9 Å². The molecule has 0 radical (unpaired) electrons. The van der Waals surface area contributed by atoms with Crippen LogP contribution in [0.3, 0.4) is 0 Å². The molecule has 3 nitrogen and oxygen atoms in total. The first-order chi connectivity index (χ1) is 5.39. The van der Waals surface area contributed by atoms with Crippen molar-refractivity contribution in [1.29, 1.82) is 0 Å². The Morgan fingerprint density at radius 3 is 1.50 bits per heavy atom. The second kappa shape index (κ2) is 4.39. The molecule has 0 aromatic carbocycles. The van der Waals surface area contributed by atoms with Crippen molar-refractivity contribution in [1.82, 2.24) is 0 Å². The minimum absolute atomic E-state index is 0.0799. The van der Waals surface area contributed by atoms with E-state index in [2.05, 4.69) is 0 Å². The third kappa shape index (κ3) is 3.69. The van der Waals surface area contributed by atoms with Crippen molar-refractivity contribution in [3.8, 4) is 0 Å². The molecular formula is C7H17O3SSi-. The van der Waals surface area contributed by atoms with E-state index in [1.165, 1.54) is 0 Å². The molecule has 0 saturated carbocycles. The summed E-state index contributed by atoms with van der Waals surface area (Å²) in [5.41, 5.74) is 0. The maximum atomic E-state index is 10.6. The summed E-state index contributed by atoms with van der Waals surface area (Å²) in [6, 6.07) is 2.67. The fraction of sp³-hybridized carbons (Fsp3) is 1.00. The van der Waals surface area contributed by atoms with Crippen LogP contribution in [0.5, 0.6) is 0 Å². The maximum Gasteiger partial charge on any atom is 0.0920 e. The molecule has 0 aromatic rings. The van der Waals surface area contributed by atoms with E-state index in [1.807, 2.05) is 20.8 Å². The van der Waals surface area contributed by atoms with E-state index in [9.17, 15) is 13.0 Å². The van der Waals surface area contributed by atoms with Crippen LogP contribution in [-0.4, -0.2) is 26.4 Å². The minimum Gasteiger partial charge on any atom is -0.748 e. The highest BCUT2D eigenvalue weighted by Crippen LogP contribution is 2.21. The molecule has 0 fully saturated rings. The monoisotopic (exact) mass is 209 g/mol. The van der Waals surface area contributed by atoms with Crippen LogP contribution < -0.4 is 0 Å². The summed E-state index contributed by atoms with van der Waals surface area (Å²) in [6.45, 7) is 5.97. The van der Waals surface area contributed by atoms with E-state index in [-0.39, 0.29) is 5.38 Å². The van der Waals surface area contributed by atoms with E-state index in [0.717, 1.165) is 18.1 Å². The second-order valence-electron chi connectivity index (χ2n) is 3.26. The van der Waals surface area contributed by atoms with E-state index < -0.39 is 18.2 Å². The molecule has 0 amide bonds. The van der Waals surface area contributed by atoms with Crippen LogP contribution >= 0.6 is 0 Å². The molecule has 5 heteroatoms. The highest BCUT2D eigenvalue weighted by molar-refractivity contribution is 7.87. The molecule has 0 spiro atoms. The third-order valence-corrected chi connectivity index (χ3v) is 11.1. The molecule has 0 bridgehead atoms. The maximum absolute atomic E-state index is 10.6. The van der Waals surface area contributed by atoms with Crippen LogP contribution in [0.1, 0.15) is 20.8 Å². The van der Waals surface area contributed by atoms with Gasteiger partial charge in [-0.2, -0.15) is 0 Å². The zero-order valence-electron chi connectivity index (χ0n) is 7.96. The van der Waals surface area contributed by atoms with Crippen LogP contribution in [0.2, 0.25) is 18.1 Å². The Kier molecular flexibility index (Phi) is 4.43. The van der Waals surface area contributed by atoms with Gasteiger partial charge in [0.25, 0.3) is 0 Å². The van der Waals surface area contributed by atoms with Crippen LogP contribution in [0.15, 0.2) is 0 Å². The van der Waals surface area contributed by atoms with Crippen molar-refractivity contribution in [2.24, 2.45) is 0 Å². The predicted octanol–water partition coefficient (Wildman–Crippen LogP) is 1.58. The van der Waals surface area contributed by atoms with Gasteiger partial charge >= 0.3 is 0 Å². The molecule has 0 saturated heterocycles. The second-order valence-corrected chi connectivity index (χ2v) is 10.7. The lowest BCUT2D eigenvalue weighted by atomic mass is 10.9. The minimum atomic E-state index is -4.01. The van der Waals surface area contributed by atoms with Gasteiger partial charge in [0, 0.05) is 5.38 Å². The molecule has 0 rings (SSSR count). The average Bonchev–Trinajstić information content (AvgIpc) is 1.99. The van der Waals surface area contributed by atoms with Crippen molar-refractivity contribution >= 4 is 18.2 Å². The Hall–Kier alpha value is 0.127. The Morgan fingerprint density at radius 2 is 1.42 bits per heavy atom. The zero-order valence-corrected chi connectivity index (χ0v) is 9.78. The quantitative estimate of drug-likeness (QED) is 0.510. The van der Waals surface area contributed by atoms with Crippen LogP contribution in [0, 0.1) is 0 Å². The first-order valence-electron chi connectivity index (χ1n) is 4.32. The number of hydrogen-bond donors (Lipinski definition) is 0. The number of hydrogen-bond acceptors (Lipinski definition) is 3. The molecule has 12 heavy (non-hydrogen) atoms. The van der Waals surface area contributed by atoms with E-state index in [4.69, 9.17) is 0 Å². The Balaban J connectivity index is 4.52. The fourth-order valence-corrected chi connectivity index (χ4v) is 8.38. The summed E-state index contributed by atoms with van der Waals surface area (Å²) in [4.78, 5) is 0. The highest BCUT2D eigenvalue weighted by atomic mass is 32.2. The average molecular weight is 209 g/mol. The summed E-state index contributed by atoms with van der Waals surface area (Å²) in [7, 11) is -5.76. The molecule has 0 N–H and O–H groups in total. The molecule has 0 unspecified atom stereocenters. The lowest BCUT2D eigenvalue weighted by molar-refractivity contribution is 0.467. The lowest BCUT2D eigenvalue weighted by Crippen LogP contribution is -2.40. The van der Waals surface area contributed by atoms with Crippen LogP contribution in [0.25, 0.3) is 0 Å². The fourth-order valence-electron chi connectivity index (χ4n) is 1.43. The van der Waals surface area contributed by atoms with Crippen molar-refractivity contribution in [2.45, 2.75) is 38.9 Å². The van der Waals surface area contributed by atoms with Crippen molar-refractivity contribution in [3.05, 3.63) is 0 Å². The summed E-state index contributed by atoms with van der Waals surface area (Å²) in [5, 5.41) is -0.0799. The van der Waals surface area contributed by atoms with Gasteiger partial charge in [0.05, 0.1) is 18.2 Å². The largest absolute Gasteiger partial charge is 0.748 e. The molecule has 0 aliphatic rings. The smallest absolute Gasteiger partial charge is 0.0920 e. The Morgan fingerprint density at radius 1 is 1.08 bits per heavy atom. The molecule has 0 aromatic heterocycles. The van der Waals surface area contributed by atoms with Gasteiger partial charge in [0.1, 0.15) is 0 Å². The molecule has 0 heterocycles. The number of rotatable bonds is 5. The van der Waals surface area contributed by atoms with Gasteiger partial charge in [-0.15, -0.1) is 0 Å². The SMILES string of the molecule is CC[Si](CC)(CC)CS(=O)(=O)[O-]. The standard InChI is InChI=1S/C7H18O3SSi/c1-4-12(5-2,6-3)7-11(8,9)10/h4-7H2,1-3H3,(H,8,9,10)/p-1. The van der Waals surface area contributed by atoms with Crippen LogP contribution in [-0.2, 0) is 10.1 Å². The molecule has 74 valence electrons. The van der Waals surface area contributed by atoms with E-state index in [0.29, 0.717) is 0 Å². The summed E-state index contributed by atoms with van der Waals surface area (Å²) >= 11 is 0. The summed E-state index contributed by atoms with van der Waals surface area (Å²) in [5.74, 6) is 0. The Bertz CT molecular complexity index is 211. The van der Waals surface area contributed by atoms with Gasteiger partial charge in [0.15, 0.2) is 0 Å². The zero-order chi connectivity index (χ0) is 9.83. The molecule has 0 aliphatic heterocycles. The molecule has 0 aliphatic carbocycles. The van der Waals surface area contributed by atoms with Crippen LogP contribution in [0.4, 0.5) is 0 Å².